The van der Waals surface area contributed by atoms with Gasteiger partial charge in [0, 0.05) is 25.3 Å². The van der Waals surface area contributed by atoms with E-state index in [-0.39, 0.29) is 10.5 Å². The van der Waals surface area contributed by atoms with Crippen molar-refractivity contribution in [3.05, 3.63) is 57.6 Å². The van der Waals surface area contributed by atoms with E-state index in [1.807, 2.05) is 6.92 Å². The molecule has 0 fully saturated rings. The third-order valence-electron chi connectivity index (χ3n) is 4.97. The number of nitrogens with one attached hydrogen (secondary N) is 1. The molecular formula is C21H26N2O5S. The summed E-state index contributed by atoms with van der Waals surface area (Å²) in [5.74, 6) is -0.963. The van der Waals surface area contributed by atoms with Crippen molar-refractivity contribution in [2.75, 3.05) is 26.5 Å². The van der Waals surface area contributed by atoms with Gasteiger partial charge in [-0.25, -0.2) is 17.5 Å². The fourth-order valence-electron chi connectivity index (χ4n) is 2.88. The summed E-state index contributed by atoms with van der Waals surface area (Å²) in [6, 6.07) is 6.31. The second kappa shape index (κ2) is 8.34. The lowest BCUT2D eigenvalue weighted by Gasteiger charge is -2.17. The summed E-state index contributed by atoms with van der Waals surface area (Å²) in [5.41, 5.74) is 3.86. The van der Waals surface area contributed by atoms with Crippen molar-refractivity contribution in [2.24, 2.45) is 0 Å². The number of aryl methyl sites for hydroxylation is 2. The first kappa shape index (κ1) is 22.6. The van der Waals surface area contributed by atoms with Crippen LogP contribution in [0.3, 0.4) is 0 Å². The van der Waals surface area contributed by atoms with Gasteiger partial charge in [-0.1, -0.05) is 0 Å². The smallest absolute Gasteiger partial charge is 0.338 e. The molecule has 29 heavy (non-hydrogen) atoms. The first-order valence-corrected chi connectivity index (χ1v) is 10.4. The summed E-state index contributed by atoms with van der Waals surface area (Å²) >= 11 is 0. The highest BCUT2D eigenvalue weighted by atomic mass is 32.2. The Kier molecular flexibility index (Phi) is 6.50. The monoisotopic (exact) mass is 418 g/mol. The molecule has 8 heteroatoms. The minimum atomic E-state index is -3.70. The minimum absolute atomic E-state index is 0.0861. The first-order valence-electron chi connectivity index (χ1n) is 8.94. The van der Waals surface area contributed by atoms with Gasteiger partial charge in [0.1, 0.15) is 0 Å². The molecule has 0 saturated heterocycles. The topological polar surface area (TPSA) is 92.8 Å². The number of rotatable bonds is 5. The van der Waals surface area contributed by atoms with Crippen LogP contribution in [-0.2, 0) is 14.8 Å². The Labute approximate surface area is 171 Å². The SMILES string of the molecule is COC(=O)c1cc(NC(=O)c2cc(C)c(C)c(S(=O)(=O)N(C)C)c2)cc(C)c1C. The molecule has 0 aromatic heterocycles. The number of ether oxygens (including phenoxy) is 1. The highest BCUT2D eigenvalue weighted by Gasteiger charge is 2.23. The van der Waals surface area contributed by atoms with Crippen molar-refractivity contribution < 1.29 is 22.7 Å². The molecule has 2 aromatic rings. The summed E-state index contributed by atoms with van der Waals surface area (Å²) in [5, 5.41) is 2.75. The average Bonchev–Trinajstić information content (AvgIpc) is 2.65. The van der Waals surface area contributed by atoms with Crippen LogP contribution < -0.4 is 5.32 Å². The molecule has 0 unspecified atom stereocenters. The molecule has 0 spiro atoms. The zero-order chi connectivity index (χ0) is 22.1. The van der Waals surface area contributed by atoms with Gasteiger partial charge in [0.15, 0.2) is 0 Å². The van der Waals surface area contributed by atoms with E-state index in [1.165, 1.54) is 27.3 Å². The molecule has 0 saturated carbocycles. The van der Waals surface area contributed by atoms with Gasteiger partial charge in [-0.2, -0.15) is 0 Å². The van der Waals surface area contributed by atoms with Crippen molar-refractivity contribution in [2.45, 2.75) is 32.6 Å². The Hall–Kier alpha value is -2.71. The van der Waals surface area contributed by atoms with Gasteiger partial charge < -0.3 is 10.1 Å². The van der Waals surface area contributed by atoms with Gasteiger partial charge in [-0.3, -0.25) is 4.79 Å². The minimum Gasteiger partial charge on any atom is -0.465 e. The zero-order valence-electron chi connectivity index (χ0n) is 17.7. The van der Waals surface area contributed by atoms with Crippen molar-refractivity contribution >= 4 is 27.6 Å². The molecule has 2 rings (SSSR count). The molecule has 2 aromatic carbocycles. The summed E-state index contributed by atoms with van der Waals surface area (Å²) in [6.45, 7) is 7.09. The molecular weight excluding hydrogens is 392 g/mol. The van der Waals surface area contributed by atoms with Gasteiger partial charge in [-0.15, -0.1) is 0 Å². The second-order valence-corrected chi connectivity index (χ2v) is 9.24. The van der Waals surface area contributed by atoms with Gasteiger partial charge in [-0.05, 0) is 74.2 Å². The zero-order valence-corrected chi connectivity index (χ0v) is 18.5. The fourth-order valence-corrected chi connectivity index (χ4v) is 4.10. The number of carbonyl (C=O) groups excluding carboxylic acids is 2. The number of anilines is 1. The van der Waals surface area contributed by atoms with Crippen LogP contribution in [0.4, 0.5) is 5.69 Å². The van der Waals surface area contributed by atoms with Crippen LogP contribution in [0.15, 0.2) is 29.2 Å². The van der Waals surface area contributed by atoms with Crippen LogP contribution in [0.2, 0.25) is 0 Å². The van der Waals surface area contributed by atoms with E-state index in [1.54, 1.807) is 39.0 Å². The van der Waals surface area contributed by atoms with Crippen LogP contribution >= 0.6 is 0 Å². The molecule has 0 radical (unpaired) electrons. The van der Waals surface area contributed by atoms with Crippen LogP contribution in [0.1, 0.15) is 43.0 Å². The van der Waals surface area contributed by atoms with Gasteiger partial charge in [0.2, 0.25) is 10.0 Å². The van der Waals surface area contributed by atoms with Crippen LogP contribution in [-0.4, -0.2) is 45.8 Å². The van der Waals surface area contributed by atoms with E-state index < -0.39 is 21.9 Å². The average molecular weight is 419 g/mol. The van der Waals surface area contributed by atoms with Gasteiger partial charge >= 0.3 is 5.97 Å². The summed E-state index contributed by atoms with van der Waals surface area (Å²) < 4.78 is 31.1. The van der Waals surface area contributed by atoms with Crippen LogP contribution in [0, 0.1) is 27.7 Å². The largest absolute Gasteiger partial charge is 0.465 e. The third kappa shape index (κ3) is 4.49. The lowest BCUT2D eigenvalue weighted by molar-refractivity contribution is 0.0599. The molecule has 1 amide bonds. The highest BCUT2D eigenvalue weighted by molar-refractivity contribution is 7.89. The van der Waals surface area contributed by atoms with E-state index in [2.05, 4.69) is 5.32 Å². The number of benzene rings is 2. The number of esters is 1. The molecule has 0 aliphatic carbocycles. The Bertz CT molecular complexity index is 1090. The number of amides is 1. The number of nitrogens with zero attached hydrogens (tertiary/aromatic N) is 1. The van der Waals surface area contributed by atoms with E-state index in [0.29, 0.717) is 22.4 Å². The number of methoxy groups -OCH3 is 1. The molecule has 0 aliphatic rings. The molecule has 1 N–H and O–H groups in total. The first-order chi connectivity index (χ1) is 13.4. The number of carbonyl (C=O) groups is 2. The van der Waals surface area contributed by atoms with Crippen molar-refractivity contribution in [3.63, 3.8) is 0 Å². The normalized spacial score (nSPS) is 11.4. The van der Waals surface area contributed by atoms with E-state index in [4.69, 9.17) is 4.74 Å². The molecule has 0 atom stereocenters. The molecule has 156 valence electrons. The lowest BCUT2D eigenvalue weighted by atomic mass is 10.0. The predicted molar refractivity (Wildman–Crippen MR) is 112 cm³/mol. The predicted octanol–water partition coefficient (Wildman–Crippen LogP) is 3.21. The van der Waals surface area contributed by atoms with Crippen molar-refractivity contribution in [3.8, 4) is 0 Å². The van der Waals surface area contributed by atoms with E-state index >= 15 is 0 Å². The molecule has 0 heterocycles. The van der Waals surface area contributed by atoms with Crippen LogP contribution in [0.25, 0.3) is 0 Å². The summed E-state index contributed by atoms with van der Waals surface area (Å²) in [7, 11) is 0.485. The van der Waals surface area contributed by atoms with Gasteiger partial charge in [0.25, 0.3) is 5.91 Å². The summed E-state index contributed by atoms with van der Waals surface area (Å²) in [6.07, 6.45) is 0. The fraction of sp³-hybridized carbons (Fsp3) is 0.333. The Morgan fingerprint density at radius 1 is 0.931 bits per heavy atom. The maximum Gasteiger partial charge on any atom is 0.338 e. The standard InChI is InChI=1S/C21H26N2O5S/c1-12-8-16(10-19(15(12)4)29(26,27)23(5)6)20(24)22-17-9-13(2)14(3)18(11-17)21(25)28-7/h8-11H,1-7H3,(H,22,24). The van der Waals surface area contributed by atoms with Crippen molar-refractivity contribution in [1.29, 1.82) is 0 Å². The molecule has 0 bridgehead atoms. The maximum absolute atomic E-state index is 12.8. The Balaban J connectivity index is 2.49. The number of hydrogen-bond acceptors (Lipinski definition) is 5. The van der Waals surface area contributed by atoms with E-state index in [0.717, 1.165) is 15.4 Å². The number of hydrogen-bond donors (Lipinski definition) is 1. The van der Waals surface area contributed by atoms with Gasteiger partial charge in [0.05, 0.1) is 17.6 Å². The number of sulfonamides is 1. The quantitative estimate of drug-likeness (QED) is 0.753. The Morgan fingerprint density at radius 3 is 2.07 bits per heavy atom. The summed E-state index contributed by atoms with van der Waals surface area (Å²) in [4.78, 5) is 24.9. The Morgan fingerprint density at radius 2 is 1.52 bits per heavy atom. The second-order valence-electron chi connectivity index (χ2n) is 7.12. The maximum atomic E-state index is 12.8. The van der Waals surface area contributed by atoms with Crippen molar-refractivity contribution in [1.82, 2.24) is 4.31 Å². The highest BCUT2D eigenvalue weighted by Crippen LogP contribution is 2.25. The lowest BCUT2D eigenvalue weighted by Crippen LogP contribution is -2.24. The molecule has 7 nitrogen and oxygen atoms in total. The van der Waals surface area contributed by atoms with Crippen LogP contribution in [0.5, 0.6) is 0 Å². The molecule has 0 aliphatic heterocycles. The third-order valence-corrected chi connectivity index (χ3v) is 6.91. The van der Waals surface area contributed by atoms with E-state index in [9.17, 15) is 18.0 Å².